The van der Waals surface area contributed by atoms with Crippen molar-refractivity contribution >= 4 is 11.5 Å². The molecule has 7 heteroatoms. The van der Waals surface area contributed by atoms with E-state index in [0.717, 1.165) is 61.0 Å². The molecule has 3 aromatic rings. The Labute approximate surface area is 145 Å². The van der Waals surface area contributed by atoms with Gasteiger partial charge in [-0.25, -0.2) is 9.50 Å². The van der Waals surface area contributed by atoms with Crippen LogP contribution in [0.1, 0.15) is 16.8 Å². The Morgan fingerprint density at radius 1 is 1.16 bits per heavy atom. The number of aromatic nitrogens is 4. The van der Waals surface area contributed by atoms with Gasteiger partial charge in [0.2, 0.25) is 0 Å². The molecule has 4 rings (SSSR count). The number of pyridine rings is 1. The van der Waals surface area contributed by atoms with Crippen LogP contribution in [0, 0.1) is 13.8 Å². The number of piperazine rings is 1. The molecule has 0 unspecified atom stereocenters. The summed E-state index contributed by atoms with van der Waals surface area (Å²) < 4.78 is 1.81. The second-order valence-electron chi connectivity index (χ2n) is 6.59. The lowest BCUT2D eigenvalue weighted by molar-refractivity contribution is 0.246. The van der Waals surface area contributed by atoms with Gasteiger partial charge in [-0.3, -0.25) is 9.69 Å². The average Bonchev–Trinajstić information content (AvgIpc) is 3.10. The molecule has 0 aromatic carbocycles. The van der Waals surface area contributed by atoms with Gasteiger partial charge in [0.1, 0.15) is 5.82 Å². The summed E-state index contributed by atoms with van der Waals surface area (Å²) in [6.07, 6.45) is 5.44. The molecule has 130 valence electrons. The molecule has 0 saturated carbocycles. The lowest BCUT2D eigenvalue weighted by atomic mass is 10.1. The van der Waals surface area contributed by atoms with Crippen molar-refractivity contribution in [2.75, 3.05) is 31.1 Å². The van der Waals surface area contributed by atoms with E-state index in [9.17, 15) is 4.79 Å². The second-order valence-corrected chi connectivity index (χ2v) is 6.59. The predicted molar refractivity (Wildman–Crippen MR) is 97.0 cm³/mol. The minimum absolute atomic E-state index is 0.144. The van der Waals surface area contributed by atoms with Crippen LogP contribution in [-0.4, -0.2) is 50.7 Å². The highest BCUT2D eigenvalue weighted by molar-refractivity contribution is 5.46. The Bertz CT molecular complexity index is 952. The second kappa shape index (κ2) is 6.33. The molecule has 0 amide bonds. The molecule has 0 aliphatic carbocycles. The molecule has 1 saturated heterocycles. The lowest BCUT2D eigenvalue weighted by Crippen LogP contribution is -2.46. The van der Waals surface area contributed by atoms with Crippen molar-refractivity contribution in [1.29, 1.82) is 0 Å². The number of hydrogen-bond donors (Lipinski definition) is 1. The predicted octanol–water partition coefficient (Wildman–Crippen LogP) is 1.36. The minimum Gasteiger partial charge on any atom is -0.363 e. The SMILES string of the molecule is Cc1c[nH]c(CN2CCN(c3ccc4nccn4n3)CC2)c(C)c1=O. The molecule has 25 heavy (non-hydrogen) atoms. The molecule has 0 radical (unpaired) electrons. The van der Waals surface area contributed by atoms with E-state index in [0.29, 0.717) is 0 Å². The quantitative estimate of drug-likeness (QED) is 0.781. The highest BCUT2D eigenvalue weighted by atomic mass is 16.1. The standard InChI is InChI=1S/C18H22N6O/c1-13-11-20-15(14(2)18(13)25)12-22-7-9-23(10-8-22)17-4-3-16-19-5-6-24(16)21-17/h3-6,11H,7-10,12H2,1-2H3,(H,20,25). The number of aromatic amines is 1. The van der Waals surface area contributed by atoms with Crippen LogP contribution in [0.4, 0.5) is 5.82 Å². The third-order valence-corrected chi connectivity index (χ3v) is 4.93. The number of fused-ring (bicyclic) bond motifs is 1. The average molecular weight is 338 g/mol. The van der Waals surface area contributed by atoms with Crippen molar-refractivity contribution in [3.05, 3.63) is 57.8 Å². The monoisotopic (exact) mass is 338 g/mol. The van der Waals surface area contributed by atoms with Crippen LogP contribution in [0.25, 0.3) is 5.65 Å². The summed E-state index contributed by atoms with van der Waals surface area (Å²) in [6.45, 7) is 8.26. The number of hydrogen-bond acceptors (Lipinski definition) is 5. The maximum absolute atomic E-state index is 12.1. The summed E-state index contributed by atoms with van der Waals surface area (Å²) in [5, 5.41) is 4.62. The van der Waals surface area contributed by atoms with Gasteiger partial charge < -0.3 is 9.88 Å². The summed E-state index contributed by atoms with van der Waals surface area (Å²) in [5.41, 5.74) is 3.62. The first-order valence-corrected chi connectivity index (χ1v) is 8.57. The fourth-order valence-corrected chi connectivity index (χ4v) is 3.30. The Kier molecular flexibility index (Phi) is 4.01. The van der Waals surface area contributed by atoms with Crippen molar-refractivity contribution in [3.8, 4) is 0 Å². The third kappa shape index (κ3) is 3.02. The van der Waals surface area contributed by atoms with Crippen LogP contribution >= 0.6 is 0 Å². The molecule has 0 spiro atoms. The van der Waals surface area contributed by atoms with Gasteiger partial charge in [0.05, 0.1) is 0 Å². The highest BCUT2D eigenvalue weighted by Gasteiger charge is 2.19. The van der Waals surface area contributed by atoms with Crippen LogP contribution in [0.2, 0.25) is 0 Å². The van der Waals surface area contributed by atoms with Crippen LogP contribution in [0.15, 0.2) is 35.5 Å². The largest absolute Gasteiger partial charge is 0.363 e. The summed E-state index contributed by atoms with van der Waals surface area (Å²) in [6, 6.07) is 4.02. The van der Waals surface area contributed by atoms with Crippen molar-refractivity contribution in [1.82, 2.24) is 24.5 Å². The summed E-state index contributed by atoms with van der Waals surface area (Å²) in [7, 11) is 0. The Balaban J connectivity index is 1.43. The normalized spacial score (nSPS) is 15.8. The Morgan fingerprint density at radius 2 is 1.96 bits per heavy atom. The van der Waals surface area contributed by atoms with Crippen LogP contribution < -0.4 is 10.3 Å². The maximum Gasteiger partial charge on any atom is 0.187 e. The molecular formula is C18H22N6O. The van der Waals surface area contributed by atoms with Gasteiger partial charge in [-0.1, -0.05) is 0 Å². The van der Waals surface area contributed by atoms with Crippen molar-refractivity contribution in [2.45, 2.75) is 20.4 Å². The smallest absolute Gasteiger partial charge is 0.187 e. The molecule has 1 aliphatic heterocycles. The van der Waals surface area contributed by atoms with Crippen molar-refractivity contribution in [2.24, 2.45) is 0 Å². The number of imidazole rings is 1. The number of aryl methyl sites for hydroxylation is 1. The maximum atomic E-state index is 12.1. The van der Waals surface area contributed by atoms with Gasteiger partial charge in [0.25, 0.3) is 0 Å². The van der Waals surface area contributed by atoms with E-state index in [4.69, 9.17) is 0 Å². The molecular weight excluding hydrogens is 316 g/mol. The van der Waals surface area contributed by atoms with Crippen LogP contribution in [0.3, 0.4) is 0 Å². The number of H-pyrrole nitrogens is 1. The van der Waals surface area contributed by atoms with Gasteiger partial charge in [-0.15, -0.1) is 5.10 Å². The van der Waals surface area contributed by atoms with Crippen LogP contribution in [0.5, 0.6) is 0 Å². The molecule has 7 nitrogen and oxygen atoms in total. The lowest BCUT2D eigenvalue weighted by Gasteiger charge is -2.35. The van der Waals surface area contributed by atoms with Crippen LogP contribution in [-0.2, 0) is 6.54 Å². The number of nitrogens with zero attached hydrogens (tertiary/aromatic N) is 5. The van der Waals surface area contributed by atoms with Gasteiger partial charge in [0.15, 0.2) is 11.1 Å². The topological polar surface area (TPSA) is 69.5 Å². The van der Waals surface area contributed by atoms with E-state index in [2.05, 4.69) is 24.9 Å². The number of anilines is 1. The van der Waals surface area contributed by atoms with E-state index in [-0.39, 0.29) is 5.43 Å². The van der Waals surface area contributed by atoms with Gasteiger partial charge in [-0.05, 0) is 26.0 Å². The van der Waals surface area contributed by atoms with E-state index >= 15 is 0 Å². The van der Waals surface area contributed by atoms with Gasteiger partial charge in [-0.2, -0.15) is 0 Å². The van der Waals surface area contributed by atoms with Gasteiger partial charge in [0, 0.05) is 68.1 Å². The fourth-order valence-electron chi connectivity index (χ4n) is 3.30. The first-order chi connectivity index (χ1) is 12.1. The number of nitrogens with one attached hydrogen (secondary N) is 1. The van der Waals surface area contributed by atoms with Crippen molar-refractivity contribution in [3.63, 3.8) is 0 Å². The zero-order chi connectivity index (χ0) is 17.4. The molecule has 0 atom stereocenters. The minimum atomic E-state index is 0.144. The summed E-state index contributed by atoms with van der Waals surface area (Å²) in [4.78, 5) is 24.3. The first kappa shape index (κ1) is 15.8. The zero-order valence-electron chi connectivity index (χ0n) is 14.6. The molecule has 1 fully saturated rings. The summed E-state index contributed by atoms with van der Waals surface area (Å²) >= 11 is 0. The first-order valence-electron chi connectivity index (χ1n) is 8.57. The fraction of sp³-hybridized carbons (Fsp3) is 0.389. The Morgan fingerprint density at radius 3 is 2.76 bits per heavy atom. The molecule has 0 bridgehead atoms. The molecule has 3 aromatic heterocycles. The molecule has 1 aliphatic rings. The summed E-state index contributed by atoms with van der Waals surface area (Å²) in [5.74, 6) is 0.977. The number of rotatable bonds is 3. The van der Waals surface area contributed by atoms with E-state index in [1.54, 1.807) is 6.20 Å². The van der Waals surface area contributed by atoms with E-state index in [1.165, 1.54) is 0 Å². The third-order valence-electron chi connectivity index (χ3n) is 4.93. The van der Waals surface area contributed by atoms with E-state index < -0.39 is 0 Å². The molecule has 4 heterocycles. The Hall–Kier alpha value is -2.67. The van der Waals surface area contributed by atoms with Gasteiger partial charge >= 0.3 is 0 Å². The van der Waals surface area contributed by atoms with E-state index in [1.807, 2.05) is 42.9 Å². The zero-order valence-corrected chi connectivity index (χ0v) is 14.6. The molecule has 1 N–H and O–H groups in total. The highest BCUT2D eigenvalue weighted by Crippen LogP contribution is 2.15. The van der Waals surface area contributed by atoms with Crippen molar-refractivity contribution < 1.29 is 0 Å².